The average molecular weight is 518 g/mol. The molecular weight excluding hydrogens is 486 g/mol. The number of carbonyl (C=O) groups is 3. The highest BCUT2D eigenvalue weighted by Gasteiger charge is 2.42. The van der Waals surface area contributed by atoms with Gasteiger partial charge in [-0.15, -0.1) is 0 Å². The van der Waals surface area contributed by atoms with Crippen molar-refractivity contribution < 1.29 is 32.3 Å². The number of thiol groups is 1. The topological polar surface area (TPSA) is 122 Å². The summed E-state index contributed by atoms with van der Waals surface area (Å²) in [6, 6.07) is 8.81. The van der Waals surface area contributed by atoms with Gasteiger partial charge in [-0.25, -0.2) is 8.42 Å². The maximum Gasteiger partial charge on any atom is 0.264 e. The molecule has 0 saturated carbocycles. The zero-order chi connectivity index (χ0) is 26.4. The van der Waals surface area contributed by atoms with Crippen molar-refractivity contribution >= 4 is 34.1 Å². The van der Waals surface area contributed by atoms with Crippen LogP contribution in [0.15, 0.2) is 36.4 Å². The summed E-state index contributed by atoms with van der Waals surface area (Å²) in [5.41, 5.74) is 1.02. The Labute approximate surface area is 212 Å². The highest BCUT2D eigenvalue weighted by molar-refractivity contribution is 7.72. The Morgan fingerprint density at radius 2 is 1.86 bits per heavy atom. The molecule has 0 fully saturated rings. The zero-order valence-electron chi connectivity index (χ0n) is 20.8. The molecule has 10 nitrogen and oxygen atoms in total. The molecule has 0 bridgehead atoms. The zero-order valence-corrected chi connectivity index (χ0v) is 21.7. The predicted octanol–water partition coefficient (Wildman–Crippen LogP) is 2.32. The van der Waals surface area contributed by atoms with Crippen LogP contribution in [0.1, 0.15) is 52.1 Å². The van der Waals surface area contributed by atoms with Gasteiger partial charge in [0.2, 0.25) is 5.91 Å². The van der Waals surface area contributed by atoms with E-state index < -0.39 is 28.6 Å². The maximum atomic E-state index is 13.6. The summed E-state index contributed by atoms with van der Waals surface area (Å²) < 4.78 is 33.8. The van der Waals surface area contributed by atoms with E-state index >= 15 is 0 Å². The van der Waals surface area contributed by atoms with Crippen molar-refractivity contribution in [2.45, 2.75) is 25.8 Å². The molecule has 2 aromatic rings. The summed E-state index contributed by atoms with van der Waals surface area (Å²) >= 11 is 0. The second-order valence-corrected chi connectivity index (χ2v) is 9.63. The number of hydrogen-bond donors (Lipinski definition) is 2. The van der Waals surface area contributed by atoms with Gasteiger partial charge in [0, 0.05) is 18.7 Å². The summed E-state index contributed by atoms with van der Waals surface area (Å²) in [4.78, 5) is 42.4. The van der Waals surface area contributed by atoms with Crippen LogP contribution in [-0.2, 0) is 15.5 Å². The SMILES string of the molecule is CCOc1cc(C(CC[SH](=O)=O)N2C(=O)c3cccc(NC(=O)CCN(C)C)c3C2=O)ccc1OC. The van der Waals surface area contributed by atoms with Gasteiger partial charge in [0.15, 0.2) is 11.5 Å². The Hall–Kier alpha value is -3.44. The number of fused-ring (bicyclic) bond motifs is 1. The number of ether oxygens (including phenoxy) is 2. The first kappa shape index (κ1) is 27.2. The molecule has 2 aromatic carbocycles. The third-order valence-corrected chi connectivity index (χ3v) is 6.40. The van der Waals surface area contributed by atoms with E-state index in [1.165, 1.54) is 13.2 Å². The molecular formula is C25H31N3O7S. The minimum atomic E-state index is -2.74. The fraction of sp³-hybridized carbons (Fsp3) is 0.400. The number of nitrogens with zero attached hydrogens (tertiary/aromatic N) is 2. The van der Waals surface area contributed by atoms with Crippen LogP contribution in [-0.4, -0.2) is 76.0 Å². The molecule has 0 spiro atoms. The van der Waals surface area contributed by atoms with Crippen molar-refractivity contribution in [3.63, 3.8) is 0 Å². The normalized spacial score (nSPS) is 13.8. The lowest BCUT2D eigenvalue weighted by molar-refractivity contribution is -0.116. The predicted molar refractivity (Wildman–Crippen MR) is 135 cm³/mol. The molecule has 36 heavy (non-hydrogen) atoms. The van der Waals surface area contributed by atoms with E-state index in [0.29, 0.717) is 30.2 Å². The fourth-order valence-electron chi connectivity index (χ4n) is 4.07. The number of amides is 3. The van der Waals surface area contributed by atoms with Crippen molar-refractivity contribution in [2.24, 2.45) is 0 Å². The molecule has 3 amide bonds. The number of rotatable bonds is 12. The fourth-order valence-corrected chi connectivity index (χ4v) is 4.53. The number of hydrogen-bond acceptors (Lipinski definition) is 8. The van der Waals surface area contributed by atoms with Crippen LogP contribution >= 0.6 is 0 Å². The summed E-state index contributed by atoms with van der Waals surface area (Å²) in [6.45, 7) is 2.69. The van der Waals surface area contributed by atoms with E-state index in [2.05, 4.69) is 5.32 Å². The molecule has 194 valence electrons. The monoisotopic (exact) mass is 517 g/mol. The van der Waals surface area contributed by atoms with E-state index in [-0.39, 0.29) is 41.3 Å². The quantitative estimate of drug-likeness (QED) is 0.325. The summed E-state index contributed by atoms with van der Waals surface area (Å²) in [5.74, 6) is -0.777. The molecule has 1 atom stereocenters. The molecule has 1 N–H and O–H groups in total. The second-order valence-electron chi connectivity index (χ2n) is 8.51. The van der Waals surface area contributed by atoms with Crippen molar-refractivity contribution in [2.75, 3.05) is 45.4 Å². The molecule has 1 aliphatic rings. The third-order valence-electron chi connectivity index (χ3n) is 5.78. The van der Waals surface area contributed by atoms with Gasteiger partial charge >= 0.3 is 0 Å². The molecule has 0 saturated heterocycles. The summed E-state index contributed by atoms with van der Waals surface area (Å²) in [7, 11) is 2.45. The van der Waals surface area contributed by atoms with Gasteiger partial charge in [0.05, 0.1) is 36.6 Å². The Bertz CT molecular complexity index is 1220. The maximum absolute atomic E-state index is 13.6. The van der Waals surface area contributed by atoms with E-state index in [4.69, 9.17) is 9.47 Å². The first-order valence-electron chi connectivity index (χ1n) is 11.6. The molecule has 0 aliphatic carbocycles. The van der Waals surface area contributed by atoms with Crippen molar-refractivity contribution in [1.29, 1.82) is 0 Å². The van der Waals surface area contributed by atoms with Crippen molar-refractivity contribution in [1.82, 2.24) is 9.80 Å². The molecule has 11 heteroatoms. The smallest absolute Gasteiger partial charge is 0.264 e. The van der Waals surface area contributed by atoms with Crippen LogP contribution in [0.3, 0.4) is 0 Å². The van der Waals surface area contributed by atoms with Gasteiger partial charge in [0.1, 0.15) is 10.7 Å². The number of anilines is 1. The second kappa shape index (κ2) is 12.0. The first-order chi connectivity index (χ1) is 17.2. The van der Waals surface area contributed by atoms with Gasteiger partial charge in [-0.05, 0) is 57.3 Å². The Kier molecular flexibility index (Phi) is 9.05. The Morgan fingerprint density at radius 3 is 2.50 bits per heavy atom. The van der Waals surface area contributed by atoms with E-state index in [0.717, 1.165) is 4.90 Å². The van der Waals surface area contributed by atoms with Gasteiger partial charge < -0.3 is 19.7 Å². The van der Waals surface area contributed by atoms with Gasteiger partial charge in [-0.1, -0.05) is 12.1 Å². The number of carbonyl (C=O) groups excluding carboxylic acids is 3. The van der Waals surface area contributed by atoms with Crippen LogP contribution in [0.2, 0.25) is 0 Å². The molecule has 0 aromatic heterocycles. The first-order valence-corrected chi connectivity index (χ1v) is 12.9. The van der Waals surface area contributed by atoms with Gasteiger partial charge in [-0.2, -0.15) is 0 Å². The lowest BCUT2D eigenvalue weighted by atomic mass is 10.0. The van der Waals surface area contributed by atoms with Gasteiger partial charge in [0.25, 0.3) is 11.8 Å². The molecule has 1 heterocycles. The minimum Gasteiger partial charge on any atom is -0.493 e. The standard InChI is InChI=1S/C25H31N3O7S/c1-5-35-21-15-16(9-10-20(21)34-4)19(12-14-36(32)33)28-24(30)17-7-6-8-18(23(17)25(28)31)26-22(29)11-13-27(2)3/h6-10,15,19,36H,5,11-14H2,1-4H3,(H,26,29). The van der Waals surface area contributed by atoms with Crippen LogP contribution in [0, 0.1) is 0 Å². The van der Waals surface area contributed by atoms with Crippen LogP contribution < -0.4 is 14.8 Å². The van der Waals surface area contributed by atoms with Crippen LogP contribution in [0.4, 0.5) is 5.69 Å². The van der Waals surface area contributed by atoms with Crippen LogP contribution in [0.5, 0.6) is 11.5 Å². The van der Waals surface area contributed by atoms with E-state index in [1.54, 1.807) is 30.3 Å². The lowest BCUT2D eigenvalue weighted by Crippen LogP contribution is -2.35. The van der Waals surface area contributed by atoms with Crippen molar-refractivity contribution in [3.05, 3.63) is 53.1 Å². The highest BCUT2D eigenvalue weighted by atomic mass is 32.2. The third kappa shape index (κ3) is 6.03. The number of nitrogens with one attached hydrogen (secondary N) is 1. The molecule has 0 radical (unpaired) electrons. The largest absolute Gasteiger partial charge is 0.493 e. The van der Waals surface area contributed by atoms with Gasteiger partial charge in [-0.3, -0.25) is 19.3 Å². The summed E-state index contributed by atoms with van der Waals surface area (Å²) in [6.07, 6.45) is 0.223. The van der Waals surface area contributed by atoms with E-state index in [9.17, 15) is 22.8 Å². The number of methoxy groups -OCH3 is 1. The minimum absolute atomic E-state index is 0.00654. The average Bonchev–Trinajstić information content (AvgIpc) is 3.09. The van der Waals surface area contributed by atoms with Crippen molar-refractivity contribution in [3.8, 4) is 11.5 Å². The molecule has 3 rings (SSSR count). The Balaban J connectivity index is 2.00. The van der Waals surface area contributed by atoms with Crippen LogP contribution in [0.25, 0.3) is 0 Å². The number of benzene rings is 2. The highest BCUT2D eigenvalue weighted by Crippen LogP contribution is 2.39. The summed E-state index contributed by atoms with van der Waals surface area (Å²) in [5, 5.41) is 2.74. The Morgan fingerprint density at radius 1 is 1.11 bits per heavy atom. The molecule has 1 unspecified atom stereocenters. The number of imide groups is 1. The van der Waals surface area contributed by atoms with E-state index in [1.807, 2.05) is 25.9 Å². The lowest BCUT2D eigenvalue weighted by Gasteiger charge is -2.27. The molecule has 1 aliphatic heterocycles.